The molecule has 2 aromatic heterocycles. The van der Waals surface area contributed by atoms with Gasteiger partial charge in [-0.3, -0.25) is 14.7 Å². The third-order valence-electron chi connectivity index (χ3n) is 5.24. The molecule has 0 saturated heterocycles. The zero-order valence-electron chi connectivity index (χ0n) is 20.4. The van der Waals surface area contributed by atoms with Gasteiger partial charge in [-0.25, -0.2) is 4.79 Å². The predicted octanol–water partition coefficient (Wildman–Crippen LogP) is 3.73. The second kappa shape index (κ2) is 11.7. The summed E-state index contributed by atoms with van der Waals surface area (Å²) in [5, 5.41) is 3.79. The first-order valence-electron chi connectivity index (χ1n) is 11.5. The maximum absolute atomic E-state index is 11.9. The van der Waals surface area contributed by atoms with E-state index < -0.39 is 11.7 Å². The van der Waals surface area contributed by atoms with Crippen molar-refractivity contribution in [2.75, 3.05) is 26.2 Å². The van der Waals surface area contributed by atoms with Gasteiger partial charge < -0.3 is 19.4 Å². The molecular formula is C26H34N4O4. The number of benzene rings is 1. The molecule has 1 amide bonds. The van der Waals surface area contributed by atoms with Gasteiger partial charge in [0.25, 0.3) is 5.56 Å². The van der Waals surface area contributed by atoms with E-state index in [-0.39, 0.29) is 5.56 Å². The summed E-state index contributed by atoms with van der Waals surface area (Å²) in [5.41, 5.74) is 1.49. The predicted molar refractivity (Wildman–Crippen MR) is 133 cm³/mol. The van der Waals surface area contributed by atoms with Crippen LogP contribution in [-0.2, 0) is 18.3 Å². The minimum absolute atomic E-state index is 0.0309. The van der Waals surface area contributed by atoms with Gasteiger partial charge in [0.1, 0.15) is 11.4 Å². The number of ether oxygens (including phenoxy) is 2. The number of aryl methyl sites for hydroxylation is 1. The van der Waals surface area contributed by atoms with Crippen LogP contribution in [0.15, 0.2) is 59.7 Å². The van der Waals surface area contributed by atoms with E-state index >= 15 is 0 Å². The number of carbonyl (C=O) groups is 1. The van der Waals surface area contributed by atoms with Gasteiger partial charge in [-0.1, -0.05) is 0 Å². The number of rotatable bonds is 10. The molecule has 8 heteroatoms. The van der Waals surface area contributed by atoms with Gasteiger partial charge in [-0.05, 0) is 69.2 Å². The highest BCUT2D eigenvalue weighted by Crippen LogP contribution is 2.19. The molecular weight excluding hydrogens is 432 g/mol. The van der Waals surface area contributed by atoms with Crippen molar-refractivity contribution >= 4 is 17.0 Å². The molecule has 34 heavy (non-hydrogen) atoms. The average Bonchev–Trinajstić information content (AvgIpc) is 2.78. The minimum Gasteiger partial charge on any atom is -0.494 e. The standard InChI is InChI=1S/C26H34N4O4/c1-26(2,3)34-25(32)28-14-16-30(19-20-10-12-27-13-11-20)15-5-17-33-22-7-8-23-21(18-22)6-9-24(31)29(23)4/h6-13,18H,5,14-17,19H2,1-4H3,(H,28,32). The van der Waals surface area contributed by atoms with Crippen molar-refractivity contribution in [3.63, 3.8) is 0 Å². The summed E-state index contributed by atoms with van der Waals surface area (Å²) in [7, 11) is 1.76. The summed E-state index contributed by atoms with van der Waals surface area (Å²) < 4.78 is 12.9. The maximum Gasteiger partial charge on any atom is 0.407 e. The third kappa shape index (κ3) is 7.88. The summed E-state index contributed by atoms with van der Waals surface area (Å²) >= 11 is 0. The molecule has 0 spiro atoms. The number of pyridine rings is 2. The molecule has 182 valence electrons. The Labute approximate surface area is 200 Å². The van der Waals surface area contributed by atoms with Gasteiger partial charge in [0, 0.05) is 57.1 Å². The zero-order chi connectivity index (χ0) is 24.6. The second-order valence-electron chi connectivity index (χ2n) is 9.21. The Balaban J connectivity index is 1.51. The number of hydrogen-bond acceptors (Lipinski definition) is 6. The number of nitrogens with one attached hydrogen (secondary N) is 1. The van der Waals surface area contributed by atoms with Crippen LogP contribution in [-0.4, -0.2) is 52.4 Å². The number of fused-ring (bicyclic) bond motifs is 1. The van der Waals surface area contributed by atoms with Gasteiger partial charge in [-0.15, -0.1) is 0 Å². The number of hydrogen-bond donors (Lipinski definition) is 1. The van der Waals surface area contributed by atoms with Gasteiger partial charge in [0.15, 0.2) is 0 Å². The van der Waals surface area contributed by atoms with E-state index in [1.54, 1.807) is 30.1 Å². The summed E-state index contributed by atoms with van der Waals surface area (Å²) in [6.45, 7) is 8.83. The normalized spacial score (nSPS) is 11.6. The van der Waals surface area contributed by atoms with E-state index in [0.717, 1.165) is 41.7 Å². The van der Waals surface area contributed by atoms with Crippen LogP contribution < -0.4 is 15.6 Å². The number of aromatic nitrogens is 2. The molecule has 0 aliphatic heterocycles. The molecule has 0 unspecified atom stereocenters. The first-order valence-corrected chi connectivity index (χ1v) is 11.5. The van der Waals surface area contributed by atoms with Gasteiger partial charge in [0.05, 0.1) is 12.1 Å². The fourth-order valence-corrected chi connectivity index (χ4v) is 3.58. The van der Waals surface area contributed by atoms with Crippen LogP contribution in [0.2, 0.25) is 0 Å². The summed E-state index contributed by atoms with van der Waals surface area (Å²) in [4.78, 5) is 30.1. The number of nitrogens with zero attached hydrogens (tertiary/aromatic N) is 3. The number of carbonyl (C=O) groups excluding carboxylic acids is 1. The van der Waals surface area contributed by atoms with Gasteiger partial charge in [0.2, 0.25) is 0 Å². The molecule has 1 aromatic carbocycles. The SMILES string of the molecule is Cn1c(=O)ccc2cc(OCCCN(CCNC(=O)OC(C)(C)C)Cc3ccncc3)ccc21. The van der Waals surface area contributed by atoms with Crippen LogP contribution >= 0.6 is 0 Å². The molecule has 0 radical (unpaired) electrons. The lowest BCUT2D eigenvalue weighted by molar-refractivity contribution is 0.0521. The molecule has 3 aromatic rings. The third-order valence-corrected chi connectivity index (χ3v) is 5.24. The molecule has 0 bridgehead atoms. The zero-order valence-corrected chi connectivity index (χ0v) is 20.4. The van der Waals surface area contributed by atoms with Crippen LogP contribution in [0, 0.1) is 0 Å². The van der Waals surface area contributed by atoms with Gasteiger partial charge >= 0.3 is 6.09 Å². The Bertz CT molecular complexity index is 1140. The summed E-state index contributed by atoms with van der Waals surface area (Å²) in [6, 6.07) is 13.1. The topological polar surface area (TPSA) is 85.7 Å². The Morgan fingerprint density at radius 2 is 1.85 bits per heavy atom. The highest BCUT2D eigenvalue weighted by molar-refractivity contribution is 5.80. The molecule has 1 N–H and O–H groups in total. The first-order chi connectivity index (χ1) is 16.2. The van der Waals surface area contributed by atoms with Crippen LogP contribution in [0.3, 0.4) is 0 Å². The fraction of sp³-hybridized carbons (Fsp3) is 0.423. The summed E-state index contributed by atoms with van der Waals surface area (Å²) in [6.07, 6.45) is 3.98. The van der Waals surface area contributed by atoms with Crippen LogP contribution in [0.5, 0.6) is 5.75 Å². The molecule has 0 aliphatic rings. The monoisotopic (exact) mass is 466 g/mol. The van der Waals surface area contributed by atoms with Crippen molar-refractivity contribution in [1.29, 1.82) is 0 Å². The molecule has 3 rings (SSSR count). The number of amides is 1. The van der Waals surface area contributed by atoms with Crippen LogP contribution in [0.25, 0.3) is 10.9 Å². The molecule has 8 nitrogen and oxygen atoms in total. The van der Waals surface area contributed by atoms with E-state index in [1.165, 1.54) is 0 Å². The van der Waals surface area contributed by atoms with Crippen LogP contribution in [0.1, 0.15) is 32.8 Å². The Morgan fingerprint density at radius 1 is 1.09 bits per heavy atom. The Hall–Kier alpha value is -3.39. The lowest BCUT2D eigenvalue weighted by atomic mass is 10.2. The van der Waals surface area contributed by atoms with Crippen molar-refractivity contribution in [3.8, 4) is 5.75 Å². The lowest BCUT2D eigenvalue weighted by Crippen LogP contribution is -2.38. The minimum atomic E-state index is -0.518. The smallest absolute Gasteiger partial charge is 0.407 e. The maximum atomic E-state index is 11.9. The Kier molecular flexibility index (Phi) is 8.65. The fourth-order valence-electron chi connectivity index (χ4n) is 3.58. The van der Waals surface area contributed by atoms with Crippen molar-refractivity contribution < 1.29 is 14.3 Å². The van der Waals surface area contributed by atoms with Gasteiger partial charge in [-0.2, -0.15) is 0 Å². The second-order valence-corrected chi connectivity index (χ2v) is 9.21. The van der Waals surface area contributed by atoms with Crippen molar-refractivity contribution in [3.05, 3.63) is 70.8 Å². The van der Waals surface area contributed by atoms with Crippen molar-refractivity contribution in [2.45, 2.75) is 39.3 Å². The molecule has 0 fully saturated rings. The van der Waals surface area contributed by atoms with E-state index in [2.05, 4.69) is 15.2 Å². The van der Waals surface area contributed by atoms with E-state index in [4.69, 9.17) is 9.47 Å². The molecule has 0 aliphatic carbocycles. The summed E-state index contributed by atoms with van der Waals surface area (Å²) in [5.74, 6) is 0.776. The first kappa shape index (κ1) is 25.2. The molecule has 2 heterocycles. The van der Waals surface area contributed by atoms with E-state index in [9.17, 15) is 9.59 Å². The van der Waals surface area contributed by atoms with Crippen molar-refractivity contribution in [1.82, 2.24) is 19.8 Å². The van der Waals surface area contributed by atoms with Crippen LogP contribution in [0.4, 0.5) is 4.79 Å². The lowest BCUT2D eigenvalue weighted by Gasteiger charge is -2.24. The average molecular weight is 467 g/mol. The van der Waals surface area contributed by atoms with E-state index in [1.807, 2.05) is 57.2 Å². The molecule has 0 atom stereocenters. The van der Waals surface area contributed by atoms with Crippen molar-refractivity contribution in [2.24, 2.45) is 7.05 Å². The molecule has 0 saturated carbocycles. The largest absolute Gasteiger partial charge is 0.494 e. The Morgan fingerprint density at radius 3 is 2.59 bits per heavy atom. The highest BCUT2D eigenvalue weighted by atomic mass is 16.6. The number of alkyl carbamates (subject to hydrolysis) is 1. The highest BCUT2D eigenvalue weighted by Gasteiger charge is 2.16. The quantitative estimate of drug-likeness (QED) is 0.458. The van der Waals surface area contributed by atoms with E-state index in [0.29, 0.717) is 19.7 Å².